The van der Waals surface area contributed by atoms with E-state index in [9.17, 15) is 9.59 Å². The van der Waals surface area contributed by atoms with Gasteiger partial charge >= 0.3 is 12.1 Å². The van der Waals surface area contributed by atoms with Gasteiger partial charge in [-0.15, -0.1) is 0 Å². The zero-order valence-corrected chi connectivity index (χ0v) is 14.0. The summed E-state index contributed by atoms with van der Waals surface area (Å²) in [5, 5.41) is 11.4. The van der Waals surface area contributed by atoms with Crippen molar-refractivity contribution in [2.45, 2.75) is 26.0 Å². The molecule has 0 saturated heterocycles. The molecule has 6 heteroatoms. The normalized spacial score (nSPS) is 11.4. The molecule has 2 rings (SSSR count). The maximum absolute atomic E-state index is 11.8. The molecule has 2 aromatic carbocycles. The topological polar surface area (TPSA) is 84.9 Å². The fourth-order valence-corrected chi connectivity index (χ4v) is 2.24. The molecule has 0 aliphatic rings. The third-order valence-corrected chi connectivity index (χ3v) is 3.40. The molecule has 0 aliphatic carbocycles. The highest BCUT2D eigenvalue weighted by molar-refractivity contribution is 5.68. The van der Waals surface area contributed by atoms with Crippen LogP contribution in [0.3, 0.4) is 0 Å². The summed E-state index contributed by atoms with van der Waals surface area (Å²) in [4.78, 5) is 22.3. The summed E-state index contributed by atoms with van der Waals surface area (Å²) in [7, 11) is 0. The second kappa shape index (κ2) is 9.32. The molecule has 0 fully saturated rings. The minimum atomic E-state index is -1.02. The van der Waals surface area contributed by atoms with E-state index in [1.165, 1.54) is 0 Å². The molecule has 6 nitrogen and oxygen atoms in total. The number of carboxylic acids is 1. The first-order valence-corrected chi connectivity index (χ1v) is 7.93. The van der Waals surface area contributed by atoms with Gasteiger partial charge in [0.1, 0.15) is 12.4 Å². The zero-order valence-electron chi connectivity index (χ0n) is 14.0. The molecule has 1 amide bonds. The lowest BCUT2D eigenvalue weighted by atomic mass is 10.1. The number of ether oxygens (including phenoxy) is 2. The van der Waals surface area contributed by atoms with Crippen molar-refractivity contribution in [2.75, 3.05) is 6.61 Å². The van der Waals surface area contributed by atoms with Crippen LogP contribution in [0, 0.1) is 0 Å². The van der Waals surface area contributed by atoms with Crippen molar-refractivity contribution >= 4 is 12.1 Å². The van der Waals surface area contributed by atoms with E-state index < -0.39 is 12.1 Å². The van der Waals surface area contributed by atoms with Crippen LogP contribution in [0.5, 0.6) is 5.75 Å². The van der Waals surface area contributed by atoms with Crippen LogP contribution in [0.25, 0.3) is 0 Å². The molecule has 0 spiro atoms. The van der Waals surface area contributed by atoms with Gasteiger partial charge in [0.05, 0.1) is 0 Å². The third-order valence-electron chi connectivity index (χ3n) is 3.40. The first-order valence-electron chi connectivity index (χ1n) is 7.93. The minimum absolute atomic E-state index is 0.103. The quantitative estimate of drug-likeness (QED) is 0.770. The lowest BCUT2D eigenvalue weighted by molar-refractivity contribution is -0.139. The van der Waals surface area contributed by atoms with E-state index in [0.29, 0.717) is 12.2 Å². The van der Waals surface area contributed by atoms with Crippen LogP contribution < -0.4 is 10.1 Å². The van der Waals surface area contributed by atoms with E-state index in [2.05, 4.69) is 5.32 Å². The molecule has 1 atom stereocenters. The molecule has 0 aromatic heterocycles. The Morgan fingerprint density at radius 1 is 1.04 bits per heavy atom. The molecule has 0 aliphatic heterocycles. The summed E-state index contributed by atoms with van der Waals surface area (Å²) in [5.41, 5.74) is 1.93. The molecule has 2 aromatic rings. The van der Waals surface area contributed by atoms with E-state index >= 15 is 0 Å². The van der Waals surface area contributed by atoms with Crippen molar-refractivity contribution < 1.29 is 24.2 Å². The van der Waals surface area contributed by atoms with Gasteiger partial charge in [-0.25, -0.2) is 9.59 Å². The summed E-state index contributed by atoms with van der Waals surface area (Å²) in [6.07, 6.45) is 0.164. The summed E-state index contributed by atoms with van der Waals surface area (Å²) < 4.78 is 10.3. The van der Waals surface area contributed by atoms with Gasteiger partial charge in [-0.05, 0) is 36.6 Å². The molecule has 1 unspecified atom stereocenters. The molecule has 25 heavy (non-hydrogen) atoms. The number of alkyl carbamates (subject to hydrolysis) is 1. The average molecular weight is 343 g/mol. The first-order chi connectivity index (χ1) is 12.0. The molecule has 2 N–H and O–H groups in total. The van der Waals surface area contributed by atoms with Gasteiger partial charge in [-0.3, -0.25) is 0 Å². The monoisotopic (exact) mass is 343 g/mol. The van der Waals surface area contributed by atoms with Crippen LogP contribution in [-0.4, -0.2) is 29.8 Å². The standard InChI is InChI=1S/C19H21NO5/c1-14(20-19(23)25-12-16-5-3-2-4-6-16)11-15-7-9-17(10-8-15)24-13-18(21)22/h2-10,14H,11-13H2,1H3,(H,20,23)(H,21,22). The predicted octanol–water partition coefficient (Wildman–Crippen LogP) is 3.01. The van der Waals surface area contributed by atoms with Crippen LogP contribution in [0.4, 0.5) is 4.79 Å². The van der Waals surface area contributed by atoms with Crippen molar-refractivity contribution in [1.82, 2.24) is 5.32 Å². The number of carboxylic acid groups (broad SMARTS) is 1. The Labute approximate surface area is 146 Å². The van der Waals surface area contributed by atoms with E-state index in [4.69, 9.17) is 14.6 Å². The highest BCUT2D eigenvalue weighted by Gasteiger charge is 2.09. The van der Waals surface area contributed by atoms with Crippen LogP contribution >= 0.6 is 0 Å². The second-order valence-corrected chi connectivity index (χ2v) is 5.64. The summed E-state index contributed by atoms with van der Waals surface area (Å²) in [6.45, 7) is 1.75. The van der Waals surface area contributed by atoms with Crippen molar-refractivity contribution in [3.63, 3.8) is 0 Å². The Bertz CT molecular complexity index is 685. The number of carbonyl (C=O) groups excluding carboxylic acids is 1. The fourth-order valence-electron chi connectivity index (χ4n) is 2.24. The third kappa shape index (κ3) is 6.95. The first kappa shape index (κ1) is 18.3. The van der Waals surface area contributed by atoms with Crippen LogP contribution in [0.15, 0.2) is 54.6 Å². The molecule has 0 heterocycles. The van der Waals surface area contributed by atoms with Crippen molar-refractivity contribution in [1.29, 1.82) is 0 Å². The Balaban J connectivity index is 1.74. The van der Waals surface area contributed by atoms with Gasteiger partial charge in [-0.1, -0.05) is 42.5 Å². The fraction of sp³-hybridized carbons (Fsp3) is 0.263. The molecule has 0 saturated carbocycles. The molecule has 0 bridgehead atoms. The lowest BCUT2D eigenvalue weighted by Crippen LogP contribution is -2.34. The highest BCUT2D eigenvalue weighted by Crippen LogP contribution is 2.13. The van der Waals surface area contributed by atoms with Crippen molar-refractivity contribution in [3.8, 4) is 5.75 Å². The van der Waals surface area contributed by atoms with Crippen LogP contribution in [0.2, 0.25) is 0 Å². The van der Waals surface area contributed by atoms with Gasteiger partial charge in [0.25, 0.3) is 0 Å². The smallest absolute Gasteiger partial charge is 0.407 e. The van der Waals surface area contributed by atoms with Crippen LogP contribution in [0.1, 0.15) is 18.1 Å². The number of hydrogen-bond acceptors (Lipinski definition) is 4. The Kier molecular flexibility index (Phi) is 6.83. The number of rotatable bonds is 8. The molecular weight excluding hydrogens is 322 g/mol. The predicted molar refractivity (Wildman–Crippen MR) is 92.5 cm³/mol. The molecule has 0 radical (unpaired) electrons. The Morgan fingerprint density at radius 3 is 2.36 bits per heavy atom. The highest BCUT2D eigenvalue weighted by atomic mass is 16.5. The number of aliphatic carboxylic acids is 1. The lowest BCUT2D eigenvalue weighted by Gasteiger charge is -2.14. The molecular formula is C19H21NO5. The van der Waals surface area contributed by atoms with Crippen LogP contribution in [-0.2, 0) is 22.6 Å². The summed E-state index contributed by atoms with van der Waals surface area (Å²) in [6, 6.07) is 16.5. The maximum Gasteiger partial charge on any atom is 0.407 e. The largest absolute Gasteiger partial charge is 0.482 e. The van der Waals surface area contributed by atoms with E-state index in [1.54, 1.807) is 12.1 Å². The molecule has 132 valence electrons. The summed E-state index contributed by atoms with van der Waals surface area (Å²) in [5.74, 6) is -0.523. The number of benzene rings is 2. The number of carbonyl (C=O) groups is 2. The number of nitrogens with one attached hydrogen (secondary N) is 1. The minimum Gasteiger partial charge on any atom is -0.482 e. The number of amides is 1. The van der Waals surface area contributed by atoms with E-state index in [-0.39, 0.29) is 19.3 Å². The van der Waals surface area contributed by atoms with Gasteiger partial charge in [0.15, 0.2) is 6.61 Å². The Morgan fingerprint density at radius 2 is 1.72 bits per heavy atom. The van der Waals surface area contributed by atoms with Crippen molar-refractivity contribution in [2.24, 2.45) is 0 Å². The van der Waals surface area contributed by atoms with Gasteiger partial charge in [0.2, 0.25) is 0 Å². The van der Waals surface area contributed by atoms with Crippen molar-refractivity contribution in [3.05, 3.63) is 65.7 Å². The second-order valence-electron chi connectivity index (χ2n) is 5.64. The van der Waals surface area contributed by atoms with E-state index in [1.807, 2.05) is 49.4 Å². The zero-order chi connectivity index (χ0) is 18.1. The van der Waals surface area contributed by atoms with Gasteiger partial charge < -0.3 is 19.9 Å². The maximum atomic E-state index is 11.8. The average Bonchev–Trinajstić information content (AvgIpc) is 2.60. The number of hydrogen-bond donors (Lipinski definition) is 2. The van der Waals surface area contributed by atoms with E-state index in [0.717, 1.165) is 11.1 Å². The van der Waals surface area contributed by atoms with Gasteiger partial charge in [-0.2, -0.15) is 0 Å². The van der Waals surface area contributed by atoms with Gasteiger partial charge in [0, 0.05) is 6.04 Å². The Hall–Kier alpha value is -3.02. The SMILES string of the molecule is CC(Cc1ccc(OCC(=O)O)cc1)NC(=O)OCc1ccccc1. The summed E-state index contributed by atoms with van der Waals surface area (Å²) >= 11 is 0.